The summed E-state index contributed by atoms with van der Waals surface area (Å²) in [5.74, 6) is -2.29. The zero-order chi connectivity index (χ0) is 13.3. The number of rotatable bonds is 2. The molecular weight excluding hydrogens is 281 g/mol. The summed E-state index contributed by atoms with van der Waals surface area (Å²) in [7, 11) is 0. The van der Waals surface area contributed by atoms with Crippen molar-refractivity contribution in [2.75, 3.05) is 0 Å². The molecule has 1 nitrogen and oxygen atoms in total. The number of hydrogen-bond donors (Lipinski definition) is 0. The Morgan fingerprint density at radius 1 is 0.944 bits per heavy atom. The summed E-state index contributed by atoms with van der Waals surface area (Å²) in [4.78, 5) is 12.1. The van der Waals surface area contributed by atoms with E-state index in [1.165, 1.54) is 12.1 Å². The first-order valence-electron chi connectivity index (χ1n) is 4.94. The Bertz CT molecular complexity index is 586. The van der Waals surface area contributed by atoms with Crippen molar-refractivity contribution < 1.29 is 13.6 Å². The van der Waals surface area contributed by atoms with Gasteiger partial charge in [-0.2, -0.15) is 0 Å². The zero-order valence-corrected chi connectivity index (χ0v) is 10.4. The highest BCUT2D eigenvalue weighted by molar-refractivity contribution is 6.41. The molecule has 0 saturated carbocycles. The molecule has 0 radical (unpaired) electrons. The quantitative estimate of drug-likeness (QED) is 0.743. The zero-order valence-electron chi connectivity index (χ0n) is 8.88. The lowest BCUT2D eigenvalue weighted by molar-refractivity contribution is 0.103. The van der Waals surface area contributed by atoms with Crippen molar-refractivity contribution in [1.29, 1.82) is 0 Å². The molecule has 2 rings (SSSR count). The molecule has 0 aliphatic heterocycles. The maximum absolute atomic E-state index is 13.0. The Balaban J connectivity index is 2.55. The van der Waals surface area contributed by atoms with Crippen LogP contribution in [-0.2, 0) is 0 Å². The van der Waals surface area contributed by atoms with Crippen LogP contribution in [0.15, 0.2) is 36.4 Å². The van der Waals surface area contributed by atoms with Crippen molar-refractivity contribution in [1.82, 2.24) is 0 Å². The van der Waals surface area contributed by atoms with Crippen molar-refractivity contribution in [3.63, 3.8) is 0 Å². The third-order valence-electron chi connectivity index (χ3n) is 2.31. The molecule has 2 aromatic rings. The fourth-order valence-corrected chi connectivity index (χ4v) is 2.11. The van der Waals surface area contributed by atoms with Gasteiger partial charge in [-0.1, -0.05) is 29.3 Å². The van der Waals surface area contributed by atoms with Crippen LogP contribution in [0.5, 0.6) is 0 Å². The van der Waals surface area contributed by atoms with Crippen LogP contribution in [0, 0.1) is 11.6 Å². The Kier molecular flexibility index (Phi) is 3.64. The normalized spacial score (nSPS) is 10.4. The van der Waals surface area contributed by atoms with Gasteiger partial charge in [-0.25, -0.2) is 8.78 Å². The maximum atomic E-state index is 13.0. The predicted octanol–water partition coefficient (Wildman–Crippen LogP) is 4.50. The molecule has 0 fully saturated rings. The minimum Gasteiger partial charge on any atom is -0.288 e. The third kappa shape index (κ3) is 2.52. The van der Waals surface area contributed by atoms with E-state index < -0.39 is 17.4 Å². The molecular formula is C13H6Cl2F2O. The SMILES string of the molecule is O=C(c1cc(F)cc(F)c1)c1c(Cl)cccc1Cl. The van der Waals surface area contributed by atoms with Crippen LogP contribution in [0.1, 0.15) is 15.9 Å². The van der Waals surface area contributed by atoms with Crippen LogP contribution in [0.25, 0.3) is 0 Å². The molecule has 0 N–H and O–H groups in total. The summed E-state index contributed by atoms with van der Waals surface area (Å²) >= 11 is 11.7. The molecule has 0 amide bonds. The summed E-state index contributed by atoms with van der Waals surface area (Å²) in [5.41, 5.74) is -0.103. The average Bonchev–Trinajstić information content (AvgIpc) is 2.27. The summed E-state index contributed by atoms with van der Waals surface area (Å²) in [5, 5.41) is 0.273. The van der Waals surface area contributed by atoms with Crippen LogP contribution in [0.2, 0.25) is 10.0 Å². The minimum atomic E-state index is -0.832. The van der Waals surface area contributed by atoms with Crippen LogP contribution < -0.4 is 0 Å². The van der Waals surface area contributed by atoms with Gasteiger partial charge in [0.2, 0.25) is 0 Å². The molecule has 0 unspecified atom stereocenters. The summed E-state index contributed by atoms with van der Waals surface area (Å²) in [6.07, 6.45) is 0. The smallest absolute Gasteiger partial charge is 0.196 e. The fraction of sp³-hybridized carbons (Fsp3) is 0. The Hall–Kier alpha value is -1.45. The van der Waals surface area contributed by atoms with E-state index in [1.54, 1.807) is 6.07 Å². The van der Waals surface area contributed by atoms with Crippen LogP contribution in [0.3, 0.4) is 0 Å². The lowest BCUT2D eigenvalue weighted by atomic mass is 10.0. The largest absolute Gasteiger partial charge is 0.288 e. The number of carbonyl (C=O) groups excluding carboxylic acids is 1. The molecule has 0 heterocycles. The number of hydrogen-bond acceptors (Lipinski definition) is 1. The van der Waals surface area contributed by atoms with Gasteiger partial charge in [0, 0.05) is 11.6 Å². The molecule has 18 heavy (non-hydrogen) atoms. The molecule has 0 aliphatic carbocycles. The van der Waals surface area contributed by atoms with E-state index in [2.05, 4.69) is 0 Å². The van der Waals surface area contributed by atoms with Gasteiger partial charge >= 0.3 is 0 Å². The molecule has 2 aromatic carbocycles. The predicted molar refractivity (Wildman–Crippen MR) is 66.3 cm³/mol. The van der Waals surface area contributed by atoms with Gasteiger partial charge in [0.15, 0.2) is 5.78 Å². The van der Waals surface area contributed by atoms with E-state index in [1.807, 2.05) is 0 Å². The van der Waals surface area contributed by atoms with Crippen molar-refractivity contribution in [3.05, 3.63) is 69.2 Å². The Morgan fingerprint density at radius 2 is 1.44 bits per heavy atom. The molecule has 0 atom stereocenters. The van der Waals surface area contributed by atoms with Gasteiger partial charge in [-0.15, -0.1) is 0 Å². The van der Waals surface area contributed by atoms with Crippen molar-refractivity contribution in [3.8, 4) is 0 Å². The van der Waals surface area contributed by atoms with Gasteiger partial charge < -0.3 is 0 Å². The minimum absolute atomic E-state index is 0.0332. The highest BCUT2D eigenvalue weighted by Gasteiger charge is 2.17. The lowest BCUT2D eigenvalue weighted by Crippen LogP contribution is -2.04. The number of benzene rings is 2. The monoisotopic (exact) mass is 286 g/mol. The number of carbonyl (C=O) groups is 1. The molecule has 92 valence electrons. The first kappa shape index (κ1) is 13.0. The first-order valence-corrected chi connectivity index (χ1v) is 5.69. The Morgan fingerprint density at radius 3 is 1.94 bits per heavy atom. The van der Waals surface area contributed by atoms with Crippen LogP contribution >= 0.6 is 23.2 Å². The summed E-state index contributed by atoms with van der Waals surface area (Å²) in [6, 6.07) is 7.10. The third-order valence-corrected chi connectivity index (χ3v) is 2.94. The van der Waals surface area contributed by atoms with Gasteiger partial charge in [-0.05, 0) is 24.3 Å². The number of halogens is 4. The van der Waals surface area contributed by atoms with Crippen molar-refractivity contribution >= 4 is 29.0 Å². The lowest BCUT2D eigenvalue weighted by Gasteiger charge is -2.06. The van der Waals surface area contributed by atoms with E-state index in [-0.39, 0.29) is 21.2 Å². The topological polar surface area (TPSA) is 17.1 Å². The summed E-state index contributed by atoms with van der Waals surface area (Å²) < 4.78 is 26.1. The number of ketones is 1. The molecule has 5 heteroatoms. The Labute approximate surface area is 112 Å². The summed E-state index contributed by atoms with van der Waals surface area (Å²) in [6.45, 7) is 0. The van der Waals surface area contributed by atoms with E-state index in [0.29, 0.717) is 6.07 Å². The van der Waals surface area contributed by atoms with E-state index in [0.717, 1.165) is 12.1 Å². The second kappa shape index (κ2) is 5.04. The first-order chi connectivity index (χ1) is 8.49. The second-order valence-electron chi connectivity index (χ2n) is 3.58. The molecule has 0 bridgehead atoms. The van der Waals surface area contributed by atoms with Gasteiger partial charge in [0.05, 0.1) is 15.6 Å². The molecule has 0 saturated heterocycles. The highest BCUT2D eigenvalue weighted by Crippen LogP contribution is 2.27. The average molecular weight is 287 g/mol. The highest BCUT2D eigenvalue weighted by atomic mass is 35.5. The second-order valence-corrected chi connectivity index (χ2v) is 4.40. The van der Waals surface area contributed by atoms with E-state index in [4.69, 9.17) is 23.2 Å². The van der Waals surface area contributed by atoms with E-state index in [9.17, 15) is 13.6 Å². The molecule has 0 aliphatic rings. The molecule has 0 spiro atoms. The van der Waals surface area contributed by atoms with Gasteiger partial charge in [0.25, 0.3) is 0 Å². The fourth-order valence-electron chi connectivity index (χ4n) is 1.54. The van der Waals surface area contributed by atoms with Crippen molar-refractivity contribution in [2.45, 2.75) is 0 Å². The van der Waals surface area contributed by atoms with Gasteiger partial charge in [-0.3, -0.25) is 4.79 Å². The van der Waals surface area contributed by atoms with E-state index >= 15 is 0 Å². The maximum Gasteiger partial charge on any atom is 0.196 e. The molecule has 0 aromatic heterocycles. The van der Waals surface area contributed by atoms with Gasteiger partial charge in [0.1, 0.15) is 11.6 Å². The van der Waals surface area contributed by atoms with Crippen LogP contribution in [-0.4, -0.2) is 5.78 Å². The van der Waals surface area contributed by atoms with Crippen LogP contribution in [0.4, 0.5) is 8.78 Å². The standard InChI is InChI=1S/C13H6Cl2F2O/c14-10-2-1-3-11(15)12(10)13(18)7-4-8(16)6-9(17)5-7/h1-6H. The van der Waals surface area contributed by atoms with Crippen molar-refractivity contribution in [2.24, 2.45) is 0 Å².